The molecule has 2 nitrogen and oxygen atoms in total. The lowest BCUT2D eigenvalue weighted by atomic mass is 9.99. The molecular formula is C26H33NOS. The van der Waals surface area contributed by atoms with Crippen molar-refractivity contribution < 1.29 is 4.74 Å². The molecule has 154 valence electrons. The monoisotopic (exact) mass is 407 g/mol. The molecule has 3 aromatic rings. The molecule has 3 rings (SSSR count). The maximum Gasteiger partial charge on any atom is 0.123 e. The van der Waals surface area contributed by atoms with Crippen molar-refractivity contribution in [2.75, 3.05) is 0 Å². The Labute approximate surface area is 180 Å². The van der Waals surface area contributed by atoms with Crippen molar-refractivity contribution in [1.29, 1.82) is 0 Å². The van der Waals surface area contributed by atoms with E-state index in [0.29, 0.717) is 12.5 Å². The van der Waals surface area contributed by atoms with Crippen molar-refractivity contribution in [2.24, 2.45) is 0 Å². The topological polar surface area (TPSA) is 22.1 Å². The molecular weight excluding hydrogens is 374 g/mol. The molecule has 29 heavy (non-hydrogen) atoms. The second-order valence-corrected chi connectivity index (χ2v) is 8.90. The number of ether oxygens (including phenoxy) is 1. The average Bonchev–Trinajstić information content (AvgIpc) is 3.15. The summed E-state index contributed by atoms with van der Waals surface area (Å²) in [5.74, 6) is 1.42. The summed E-state index contributed by atoms with van der Waals surface area (Å²) >= 11 is 1.61. The molecule has 0 bridgehead atoms. The predicted octanol–water partition coefficient (Wildman–Crippen LogP) is 7.64. The third-order valence-corrected chi connectivity index (χ3v) is 6.91. The van der Waals surface area contributed by atoms with Crippen LogP contribution in [0.25, 0.3) is 11.3 Å². The summed E-state index contributed by atoms with van der Waals surface area (Å²) < 4.78 is 11.2. The van der Waals surface area contributed by atoms with Crippen molar-refractivity contribution in [2.45, 2.75) is 73.3 Å². The van der Waals surface area contributed by atoms with Gasteiger partial charge in [-0.25, -0.2) is 0 Å². The van der Waals surface area contributed by atoms with E-state index in [1.807, 2.05) is 0 Å². The molecule has 0 fully saturated rings. The molecule has 0 unspecified atom stereocenters. The molecule has 0 atom stereocenters. The Kier molecular flexibility index (Phi) is 7.13. The molecule has 0 saturated carbocycles. The van der Waals surface area contributed by atoms with Gasteiger partial charge in [0, 0.05) is 16.0 Å². The van der Waals surface area contributed by atoms with E-state index in [4.69, 9.17) is 9.11 Å². The number of benzene rings is 2. The van der Waals surface area contributed by atoms with Crippen molar-refractivity contribution in [3.63, 3.8) is 0 Å². The minimum Gasteiger partial charge on any atom is -0.489 e. The summed E-state index contributed by atoms with van der Waals surface area (Å²) in [6, 6.07) is 13.1. The highest BCUT2D eigenvalue weighted by atomic mass is 32.1. The summed E-state index contributed by atoms with van der Waals surface area (Å²) in [6.07, 6.45) is 3.34. The lowest BCUT2D eigenvalue weighted by Crippen LogP contribution is -2.03. The molecule has 0 radical (unpaired) electrons. The zero-order valence-electron chi connectivity index (χ0n) is 18.6. The molecule has 0 aliphatic heterocycles. The molecule has 0 amide bonds. The van der Waals surface area contributed by atoms with Gasteiger partial charge in [-0.2, -0.15) is 4.37 Å². The molecule has 0 aliphatic carbocycles. The SMILES string of the molecule is CCCc1ccc(OCc2c(-c3ccc(CC)cc3)nsc2C(C)C)c(C)c1C. The summed E-state index contributed by atoms with van der Waals surface area (Å²) in [6.45, 7) is 13.8. The quantitative estimate of drug-likeness (QED) is 0.382. The van der Waals surface area contributed by atoms with Gasteiger partial charge < -0.3 is 4.74 Å². The number of aromatic nitrogens is 1. The van der Waals surface area contributed by atoms with E-state index in [1.165, 1.54) is 44.7 Å². The molecule has 3 heteroatoms. The van der Waals surface area contributed by atoms with E-state index in [-0.39, 0.29) is 0 Å². The normalized spacial score (nSPS) is 11.3. The van der Waals surface area contributed by atoms with E-state index in [1.54, 1.807) is 11.5 Å². The number of hydrogen-bond acceptors (Lipinski definition) is 3. The third-order valence-electron chi connectivity index (χ3n) is 5.72. The van der Waals surface area contributed by atoms with E-state index in [2.05, 4.69) is 77.9 Å². The molecule has 0 aliphatic rings. The van der Waals surface area contributed by atoms with E-state index < -0.39 is 0 Å². The van der Waals surface area contributed by atoms with Gasteiger partial charge in [0.15, 0.2) is 0 Å². The van der Waals surface area contributed by atoms with Crippen LogP contribution < -0.4 is 4.74 Å². The van der Waals surface area contributed by atoms with Crippen LogP contribution in [0.4, 0.5) is 0 Å². The smallest absolute Gasteiger partial charge is 0.123 e. The fourth-order valence-corrected chi connectivity index (χ4v) is 4.62. The lowest BCUT2D eigenvalue weighted by molar-refractivity contribution is 0.303. The fourth-order valence-electron chi connectivity index (χ4n) is 3.74. The van der Waals surface area contributed by atoms with Crippen LogP contribution in [0.2, 0.25) is 0 Å². The van der Waals surface area contributed by atoms with Gasteiger partial charge in [-0.3, -0.25) is 0 Å². The van der Waals surface area contributed by atoms with E-state index in [0.717, 1.165) is 24.3 Å². The van der Waals surface area contributed by atoms with Gasteiger partial charge in [-0.05, 0) is 72.5 Å². The Hall–Kier alpha value is -2.13. The fraction of sp³-hybridized carbons (Fsp3) is 0.423. The average molecular weight is 408 g/mol. The van der Waals surface area contributed by atoms with Crippen molar-refractivity contribution in [3.8, 4) is 17.0 Å². The largest absolute Gasteiger partial charge is 0.489 e. The second kappa shape index (κ2) is 9.58. The van der Waals surface area contributed by atoms with Gasteiger partial charge >= 0.3 is 0 Å². The molecule has 0 saturated heterocycles. The molecule has 0 N–H and O–H groups in total. The predicted molar refractivity (Wildman–Crippen MR) is 125 cm³/mol. The van der Waals surface area contributed by atoms with Crippen LogP contribution in [0.15, 0.2) is 36.4 Å². The Bertz CT molecular complexity index is 954. The van der Waals surface area contributed by atoms with Crippen LogP contribution in [0.3, 0.4) is 0 Å². The summed E-state index contributed by atoms with van der Waals surface area (Å²) in [7, 11) is 0. The Morgan fingerprint density at radius 3 is 2.31 bits per heavy atom. The van der Waals surface area contributed by atoms with Gasteiger partial charge in [0.05, 0.1) is 5.69 Å². The van der Waals surface area contributed by atoms with E-state index >= 15 is 0 Å². The molecule has 1 heterocycles. The maximum absolute atomic E-state index is 6.36. The van der Waals surface area contributed by atoms with Crippen LogP contribution in [0, 0.1) is 13.8 Å². The van der Waals surface area contributed by atoms with Crippen molar-refractivity contribution in [3.05, 3.63) is 69.1 Å². The van der Waals surface area contributed by atoms with Crippen LogP contribution in [0.1, 0.15) is 72.7 Å². The number of nitrogens with zero attached hydrogens (tertiary/aromatic N) is 1. The van der Waals surface area contributed by atoms with Crippen molar-refractivity contribution >= 4 is 11.5 Å². The highest BCUT2D eigenvalue weighted by molar-refractivity contribution is 7.06. The van der Waals surface area contributed by atoms with Gasteiger partial charge in [-0.15, -0.1) is 0 Å². The minimum absolute atomic E-state index is 0.435. The molecule has 0 spiro atoms. The first-order valence-corrected chi connectivity index (χ1v) is 11.5. The first kappa shape index (κ1) is 21.6. The highest BCUT2D eigenvalue weighted by Crippen LogP contribution is 2.35. The molecule has 2 aromatic carbocycles. The number of rotatable bonds is 8. The Balaban J connectivity index is 1.90. The van der Waals surface area contributed by atoms with Gasteiger partial charge in [0.25, 0.3) is 0 Å². The highest BCUT2D eigenvalue weighted by Gasteiger charge is 2.19. The standard InChI is InChI=1S/C26H33NOS/c1-7-9-21-14-15-24(19(6)18(21)5)28-16-23-25(27-29-26(23)17(3)4)22-12-10-20(8-2)11-13-22/h10-15,17H,7-9,16H2,1-6H3. The van der Waals surface area contributed by atoms with Gasteiger partial charge in [0.1, 0.15) is 12.4 Å². The number of hydrogen-bond donors (Lipinski definition) is 0. The summed E-state index contributed by atoms with van der Waals surface area (Å²) in [5.41, 5.74) is 8.85. The van der Waals surface area contributed by atoms with Crippen LogP contribution >= 0.6 is 11.5 Å². The van der Waals surface area contributed by atoms with Crippen LogP contribution in [0.5, 0.6) is 5.75 Å². The molecule has 1 aromatic heterocycles. The van der Waals surface area contributed by atoms with Crippen LogP contribution in [-0.2, 0) is 19.4 Å². The first-order chi connectivity index (χ1) is 14.0. The first-order valence-electron chi connectivity index (χ1n) is 10.8. The van der Waals surface area contributed by atoms with Crippen molar-refractivity contribution in [1.82, 2.24) is 4.37 Å². The summed E-state index contributed by atoms with van der Waals surface area (Å²) in [5, 5.41) is 0. The third kappa shape index (κ3) is 4.72. The maximum atomic E-state index is 6.36. The van der Waals surface area contributed by atoms with Gasteiger partial charge in [-0.1, -0.05) is 64.4 Å². The number of aryl methyl sites for hydroxylation is 2. The zero-order valence-corrected chi connectivity index (χ0v) is 19.5. The Morgan fingerprint density at radius 2 is 1.69 bits per heavy atom. The minimum atomic E-state index is 0.435. The lowest BCUT2D eigenvalue weighted by Gasteiger charge is -2.16. The van der Waals surface area contributed by atoms with Crippen LogP contribution in [-0.4, -0.2) is 4.37 Å². The second-order valence-electron chi connectivity index (χ2n) is 8.09. The summed E-state index contributed by atoms with van der Waals surface area (Å²) in [4.78, 5) is 1.32. The Morgan fingerprint density at radius 1 is 0.966 bits per heavy atom. The van der Waals surface area contributed by atoms with E-state index in [9.17, 15) is 0 Å². The zero-order chi connectivity index (χ0) is 21.0. The van der Waals surface area contributed by atoms with Gasteiger partial charge in [0.2, 0.25) is 0 Å².